The Morgan fingerprint density at radius 2 is 1.41 bits per heavy atom. The molecule has 0 aliphatic rings. The molecule has 0 unspecified atom stereocenters. The first-order chi connectivity index (χ1) is 15.7. The number of benzene rings is 4. The molecule has 1 N–H and O–H groups in total. The minimum absolute atomic E-state index is 0.0258. The van der Waals surface area contributed by atoms with E-state index in [1.54, 1.807) is 0 Å². The Labute approximate surface area is 190 Å². The van der Waals surface area contributed by atoms with Crippen LogP contribution < -0.4 is 5.63 Å². The highest BCUT2D eigenvalue weighted by Crippen LogP contribution is 2.40. The molecule has 1 heterocycles. The van der Waals surface area contributed by atoms with Gasteiger partial charge in [0, 0.05) is 22.4 Å². The molecule has 0 aliphatic carbocycles. The molecule has 4 aromatic carbocycles. The van der Waals surface area contributed by atoms with Crippen molar-refractivity contribution in [2.45, 2.75) is 16.2 Å². The summed E-state index contributed by atoms with van der Waals surface area (Å²) in [6.07, 6.45) is 0.450. The van der Waals surface area contributed by atoms with E-state index in [0.29, 0.717) is 17.7 Å². The van der Waals surface area contributed by atoms with Crippen LogP contribution in [0.25, 0.3) is 22.1 Å². The van der Waals surface area contributed by atoms with Gasteiger partial charge in [0.2, 0.25) is 0 Å². The van der Waals surface area contributed by atoms with Gasteiger partial charge in [-0.15, -0.1) is 0 Å². The van der Waals surface area contributed by atoms with Crippen LogP contribution in [0.1, 0.15) is 11.1 Å². The van der Waals surface area contributed by atoms with Gasteiger partial charge in [-0.2, -0.15) is 0 Å². The Balaban J connectivity index is 1.62. The first-order valence-electron chi connectivity index (χ1n) is 10.3. The molecule has 0 amide bonds. The van der Waals surface area contributed by atoms with Crippen LogP contribution in [0.3, 0.4) is 0 Å². The lowest BCUT2D eigenvalue weighted by atomic mass is 10.00. The molecular formula is C28H20O3S. The SMILES string of the molecule is O=c1oc(-c2ccccc2)c(Cc2ccccc2)c(O)c1Sc1ccc2ccccc2c1. The van der Waals surface area contributed by atoms with E-state index in [2.05, 4.69) is 0 Å². The maximum absolute atomic E-state index is 13.0. The van der Waals surface area contributed by atoms with Crippen molar-refractivity contribution in [3.63, 3.8) is 0 Å². The van der Waals surface area contributed by atoms with Gasteiger partial charge in [-0.25, -0.2) is 4.79 Å². The molecule has 3 nitrogen and oxygen atoms in total. The number of hydrogen-bond acceptors (Lipinski definition) is 4. The molecule has 156 valence electrons. The minimum atomic E-state index is -0.545. The Bertz CT molecular complexity index is 1440. The molecule has 5 rings (SSSR count). The molecule has 0 spiro atoms. The lowest BCUT2D eigenvalue weighted by Crippen LogP contribution is -2.07. The van der Waals surface area contributed by atoms with E-state index in [1.807, 2.05) is 103 Å². The van der Waals surface area contributed by atoms with Gasteiger partial charge in [0.15, 0.2) is 0 Å². The van der Waals surface area contributed by atoms with E-state index in [4.69, 9.17) is 4.42 Å². The van der Waals surface area contributed by atoms with E-state index in [9.17, 15) is 9.90 Å². The standard InChI is InChI=1S/C28H20O3S/c29-25-24(17-19-9-3-1-4-10-19)26(21-12-5-2-6-13-21)31-28(30)27(25)32-23-16-15-20-11-7-8-14-22(20)18-23/h1-16,18,29H,17H2. The molecule has 0 bridgehead atoms. The first-order valence-corrected chi connectivity index (χ1v) is 11.2. The van der Waals surface area contributed by atoms with Crippen LogP contribution in [0.15, 0.2) is 122 Å². The number of rotatable bonds is 5. The summed E-state index contributed by atoms with van der Waals surface area (Å²) < 4.78 is 5.80. The lowest BCUT2D eigenvalue weighted by molar-refractivity contribution is 0.422. The Kier molecular flexibility index (Phi) is 5.53. The highest BCUT2D eigenvalue weighted by atomic mass is 32.2. The topological polar surface area (TPSA) is 50.4 Å². The van der Waals surface area contributed by atoms with Gasteiger partial charge in [-0.1, -0.05) is 103 Å². The normalized spacial score (nSPS) is 11.0. The third kappa shape index (κ3) is 4.05. The fourth-order valence-electron chi connectivity index (χ4n) is 3.77. The predicted molar refractivity (Wildman–Crippen MR) is 129 cm³/mol. The largest absolute Gasteiger partial charge is 0.506 e. The summed E-state index contributed by atoms with van der Waals surface area (Å²) in [6, 6.07) is 33.3. The summed E-state index contributed by atoms with van der Waals surface area (Å²) in [6.45, 7) is 0. The van der Waals surface area contributed by atoms with E-state index in [1.165, 1.54) is 11.8 Å². The fraction of sp³-hybridized carbons (Fsp3) is 0.0357. The first kappa shape index (κ1) is 20.2. The van der Waals surface area contributed by atoms with Crippen LogP contribution in [0.2, 0.25) is 0 Å². The second-order valence-electron chi connectivity index (χ2n) is 7.51. The van der Waals surface area contributed by atoms with Crippen LogP contribution >= 0.6 is 11.8 Å². The van der Waals surface area contributed by atoms with Gasteiger partial charge in [0.1, 0.15) is 16.4 Å². The molecule has 32 heavy (non-hydrogen) atoms. The van der Waals surface area contributed by atoms with Crippen molar-refractivity contribution in [3.05, 3.63) is 125 Å². The molecule has 0 fully saturated rings. The zero-order chi connectivity index (χ0) is 21.9. The molecule has 0 aliphatic heterocycles. The highest BCUT2D eigenvalue weighted by molar-refractivity contribution is 7.99. The van der Waals surface area contributed by atoms with Crippen molar-refractivity contribution in [3.8, 4) is 17.1 Å². The van der Waals surface area contributed by atoms with Crippen LogP contribution in [0.5, 0.6) is 5.75 Å². The van der Waals surface area contributed by atoms with Gasteiger partial charge < -0.3 is 9.52 Å². The molecule has 0 saturated heterocycles. The molecule has 5 aromatic rings. The summed E-state index contributed by atoms with van der Waals surface area (Å²) in [5, 5.41) is 13.5. The summed E-state index contributed by atoms with van der Waals surface area (Å²) in [4.78, 5) is 14.0. The van der Waals surface area contributed by atoms with E-state index < -0.39 is 5.63 Å². The summed E-state index contributed by atoms with van der Waals surface area (Å²) in [5.74, 6) is 0.377. The quantitative estimate of drug-likeness (QED) is 0.325. The average molecular weight is 437 g/mol. The van der Waals surface area contributed by atoms with Crippen molar-refractivity contribution < 1.29 is 9.52 Å². The van der Waals surface area contributed by atoms with E-state index >= 15 is 0 Å². The monoisotopic (exact) mass is 436 g/mol. The fourth-order valence-corrected chi connectivity index (χ4v) is 4.67. The zero-order valence-corrected chi connectivity index (χ0v) is 18.0. The zero-order valence-electron chi connectivity index (χ0n) is 17.2. The smallest absolute Gasteiger partial charge is 0.354 e. The molecule has 0 atom stereocenters. The molecule has 0 radical (unpaired) electrons. The Morgan fingerprint density at radius 3 is 2.16 bits per heavy atom. The third-order valence-electron chi connectivity index (χ3n) is 5.36. The number of aromatic hydroxyl groups is 1. The van der Waals surface area contributed by atoms with Gasteiger partial charge in [0.25, 0.3) is 0 Å². The van der Waals surface area contributed by atoms with Gasteiger partial charge in [0.05, 0.1) is 0 Å². The molecular weight excluding hydrogens is 416 g/mol. The van der Waals surface area contributed by atoms with Crippen molar-refractivity contribution >= 4 is 22.5 Å². The van der Waals surface area contributed by atoms with Crippen molar-refractivity contribution in [1.29, 1.82) is 0 Å². The number of hydrogen-bond donors (Lipinski definition) is 1. The lowest BCUT2D eigenvalue weighted by Gasteiger charge is -2.14. The van der Waals surface area contributed by atoms with Gasteiger partial charge >= 0.3 is 5.63 Å². The Hall–Kier alpha value is -3.76. The summed E-state index contributed by atoms with van der Waals surface area (Å²) >= 11 is 1.23. The Morgan fingerprint density at radius 1 is 0.750 bits per heavy atom. The maximum atomic E-state index is 13.0. The second kappa shape index (κ2) is 8.77. The minimum Gasteiger partial charge on any atom is -0.506 e. The van der Waals surface area contributed by atoms with Crippen LogP contribution in [0, 0.1) is 0 Å². The average Bonchev–Trinajstić information content (AvgIpc) is 2.84. The molecule has 0 saturated carbocycles. The van der Waals surface area contributed by atoms with E-state index in [0.717, 1.165) is 26.8 Å². The highest BCUT2D eigenvalue weighted by Gasteiger charge is 2.22. The third-order valence-corrected chi connectivity index (χ3v) is 6.41. The van der Waals surface area contributed by atoms with Crippen LogP contribution in [-0.2, 0) is 6.42 Å². The number of fused-ring (bicyclic) bond motifs is 1. The van der Waals surface area contributed by atoms with Crippen LogP contribution in [-0.4, -0.2) is 5.11 Å². The van der Waals surface area contributed by atoms with Crippen molar-refractivity contribution in [1.82, 2.24) is 0 Å². The van der Waals surface area contributed by atoms with E-state index in [-0.39, 0.29) is 10.6 Å². The van der Waals surface area contributed by atoms with Gasteiger partial charge in [-0.3, -0.25) is 0 Å². The summed E-state index contributed by atoms with van der Waals surface area (Å²) in [7, 11) is 0. The molecule has 4 heteroatoms. The predicted octanol–water partition coefficient (Wildman–Crippen LogP) is 6.91. The maximum Gasteiger partial charge on any atom is 0.354 e. The van der Waals surface area contributed by atoms with Crippen molar-refractivity contribution in [2.24, 2.45) is 0 Å². The summed E-state index contributed by atoms with van der Waals surface area (Å²) in [5.41, 5.74) is 1.84. The molecule has 1 aromatic heterocycles. The van der Waals surface area contributed by atoms with Crippen molar-refractivity contribution in [2.75, 3.05) is 0 Å². The van der Waals surface area contributed by atoms with Gasteiger partial charge in [-0.05, 0) is 28.5 Å². The second-order valence-corrected chi connectivity index (χ2v) is 8.60. The van der Waals surface area contributed by atoms with Crippen LogP contribution in [0.4, 0.5) is 0 Å².